The molecule has 1 atom stereocenters. The van der Waals surface area contributed by atoms with Crippen LogP contribution in [-0.4, -0.2) is 27.5 Å². The molecule has 2 rings (SSSR count). The van der Waals surface area contributed by atoms with Crippen molar-refractivity contribution in [3.63, 3.8) is 0 Å². The Morgan fingerprint density at radius 2 is 2.60 bits per heavy atom. The molecule has 0 aliphatic carbocycles. The standard InChI is InChI=1S/C9H12ClN3OS/c10-7-8(12-5-13-9(7)14)11-4-6-2-1-3-15-6/h5-6H,1-4H2,(H2,11,12,13,14). The number of nitrogens with one attached hydrogen (secondary N) is 2. The van der Waals surface area contributed by atoms with Crippen molar-refractivity contribution in [1.29, 1.82) is 0 Å². The molecule has 0 amide bonds. The van der Waals surface area contributed by atoms with E-state index >= 15 is 0 Å². The van der Waals surface area contributed by atoms with Crippen molar-refractivity contribution >= 4 is 29.2 Å². The smallest absolute Gasteiger partial charge is 0.271 e. The van der Waals surface area contributed by atoms with Crippen LogP contribution in [0, 0.1) is 0 Å². The minimum atomic E-state index is -0.298. The third-order valence-corrected chi connectivity index (χ3v) is 4.07. The molecule has 0 aromatic carbocycles. The van der Waals surface area contributed by atoms with Gasteiger partial charge in [0.1, 0.15) is 5.02 Å². The zero-order valence-electron chi connectivity index (χ0n) is 8.12. The topological polar surface area (TPSA) is 57.8 Å². The van der Waals surface area contributed by atoms with Gasteiger partial charge in [0.15, 0.2) is 5.82 Å². The fourth-order valence-electron chi connectivity index (χ4n) is 1.52. The number of rotatable bonds is 3. The predicted octanol–water partition coefficient (Wildman–Crippen LogP) is 1.73. The monoisotopic (exact) mass is 245 g/mol. The van der Waals surface area contributed by atoms with Gasteiger partial charge in [-0.3, -0.25) is 4.79 Å². The number of aromatic amines is 1. The average molecular weight is 246 g/mol. The van der Waals surface area contributed by atoms with Gasteiger partial charge in [-0.05, 0) is 18.6 Å². The lowest BCUT2D eigenvalue weighted by Gasteiger charge is -2.10. The van der Waals surface area contributed by atoms with E-state index in [9.17, 15) is 4.79 Å². The highest BCUT2D eigenvalue weighted by atomic mass is 35.5. The van der Waals surface area contributed by atoms with E-state index in [0.717, 1.165) is 6.54 Å². The second kappa shape index (κ2) is 4.90. The first kappa shape index (κ1) is 10.8. The molecule has 6 heteroatoms. The van der Waals surface area contributed by atoms with Gasteiger partial charge in [0.25, 0.3) is 5.56 Å². The lowest BCUT2D eigenvalue weighted by Crippen LogP contribution is -2.17. The largest absolute Gasteiger partial charge is 0.368 e. The number of anilines is 1. The summed E-state index contributed by atoms with van der Waals surface area (Å²) in [6.45, 7) is 0.820. The molecular weight excluding hydrogens is 234 g/mol. The first-order chi connectivity index (χ1) is 7.27. The van der Waals surface area contributed by atoms with Crippen molar-refractivity contribution in [3.8, 4) is 0 Å². The molecule has 0 spiro atoms. The molecule has 1 fully saturated rings. The Balaban J connectivity index is 1.98. The maximum Gasteiger partial charge on any atom is 0.271 e. The summed E-state index contributed by atoms with van der Waals surface area (Å²) in [4.78, 5) is 17.6. The molecule has 1 unspecified atom stereocenters. The normalized spacial score (nSPS) is 20.5. The molecule has 4 nitrogen and oxygen atoms in total. The molecule has 2 heterocycles. The number of H-pyrrole nitrogens is 1. The number of nitrogens with zero attached hydrogens (tertiary/aromatic N) is 1. The maximum absolute atomic E-state index is 11.2. The maximum atomic E-state index is 11.2. The van der Waals surface area contributed by atoms with Gasteiger partial charge in [-0.15, -0.1) is 0 Å². The molecule has 0 radical (unpaired) electrons. The van der Waals surface area contributed by atoms with Crippen LogP contribution in [0.25, 0.3) is 0 Å². The van der Waals surface area contributed by atoms with Gasteiger partial charge < -0.3 is 10.3 Å². The lowest BCUT2D eigenvalue weighted by molar-refractivity contribution is 0.803. The summed E-state index contributed by atoms with van der Waals surface area (Å²) in [5.74, 6) is 1.70. The van der Waals surface area contributed by atoms with Crippen molar-refractivity contribution in [3.05, 3.63) is 21.7 Å². The first-order valence-corrected chi connectivity index (χ1v) is 6.28. The second-order valence-corrected chi connectivity index (χ2v) is 5.20. The summed E-state index contributed by atoms with van der Waals surface area (Å²) in [6, 6.07) is 0. The van der Waals surface area contributed by atoms with Gasteiger partial charge in [-0.25, -0.2) is 4.98 Å². The van der Waals surface area contributed by atoms with E-state index in [-0.39, 0.29) is 10.6 Å². The zero-order valence-corrected chi connectivity index (χ0v) is 9.70. The van der Waals surface area contributed by atoms with E-state index in [1.807, 2.05) is 11.8 Å². The predicted molar refractivity (Wildman–Crippen MR) is 63.8 cm³/mol. The number of halogens is 1. The minimum Gasteiger partial charge on any atom is -0.368 e. The van der Waals surface area contributed by atoms with Gasteiger partial charge in [-0.2, -0.15) is 11.8 Å². The SMILES string of the molecule is O=c1[nH]cnc(NCC2CCCS2)c1Cl. The van der Waals surface area contributed by atoms with Gasteiger partial charge in [0.05, 0.1) is 6.33 Å². The Morgan fingerprint density at radius 3 is 3.33 bits per heavy atom. The van der Waals surface area contributed by atoms with E-state index in [0.29, 0.717) is 11.1 Å². The average Bonchev–Trinajstić information content (AvgIpc) is 2.73. The van der Waals surface area contributed by atoms with E-state index in [4.69, 9.17) is 11.6 Å². The Morgan fingerprint density at radius 1 is 1.73 bits per heavy atom. The Bertz CT molecular complexity index is 389. The zero-order chi connectivity index (χ0) is 10.7. The van der Waals surface area contributed by atoms with Crippen LogP contribution in [0.3, 0.4) is 0 Å². The van der Waals surface area contributed by atoms with Gasteiger partial charge >= 0.3 is 0 Å². The molecule has 1 aliphatic heterocycles. The molecule has 82 valence electrons. The summed E-state index contributed by atoms with van der Waals surface area (Å²) in [5, 5.41) is 3.86. The first-order valence-electron chi connectivity index (χ1n) is 4.86. The number of hydrogen-bond donors (Lipinski definition) is 2. The van der Waals surface area contributed by atoms with Crippen molar-refractivity contribution < 1.29 is 0 Å². The van der Waals surface area contributed by atoms with Gasteiger partial charge in [-0.1, -0.05) is 11.6 Å². The molecule has 2 N–H and O–H groups in total. The molecular formula is C9H12ClN3OS. The molecule has 0 bridgehead atoms. The van der Waals surface area contributed by atoms with E-state index in [1.54, 1.807) is 0 Å². The van der Waals surface area contributed by atoms with Crippen molar-refractivity contribution in [1.82, 2.24) is 9.97 Å². The summed E-state index contributed by atoms with van der Waals surface area (Å²) in [6.07, 6.45) is 3.85. The van der Waals surface area contributed by atoms with Crippen LogP contribution in [0.5, 0.6) is 0 Å². The highest BCUT2D eigenvalue weighted by molar-refractivity contribution is 8.00. The fourth-order valence-corrected chi connectivity index (χ4v) is 2.89. The highest BCUT2D eigenvalue weighted by Gasteiger charge is 2.16. The summed E-state index contributed by atoms with van der Waals surface area (Å²) >= 11 is 7.76. The van der Waals surface area contributed by atoms with Crippen LogP contribution in [0.2, 0.25) is 5.02 Å². The van der Waals surface area contributed by atoms with Crippen LogP contribution in [0.4, 0.5) is 5.82 Å². The van der Waals surface area contributed by atoms with Gasteiger partial charge in [0, 0.05) is 11.8 Å². The molecule has 1 saturated heterocycles. The fraction of sp³-hybridized carbons (Fsp3) is 0.556. The Labute approximate surface area is 96.8 Å². The number of hydrogen-bond acceptors (Lipinski definition) is 4. The van der Waals surface area contributed by atoms with Crippen molar-refractivity contribution in [2.75, 3.05) is 17.6 Å². The van der Waals surface area contributed by atoms with Crippen LogP contribution >= 0.6 is 23.4 Å². The molecule has 1 aromatic heterocycles. The van der Waals surface area contributed by atoms with Gasteiger partial charge in [0.2, 0.25) is 0 Å². The van der Waals surface area contributed by atoms with Crippen molar-refractivity contribution in [2.45, 2.75) is 18.1 Å². The summed E-state index contributed by atoms with van der Waals surface area (Å²) in [5.41, 5.74) is -0.298. The molecule has 15 heavy (non-hydrogen) atoms. The number of aromatic nitrogens is 2. The van der Waals surface area contributed by atoms with E-state index in [1.165, 1.54) is 24.9 Å². The highest BCUT2D eigenvalue weighted by Crippen LogP contribution is 2.26. The molecule has 0 saturated carbocycles. The Hall–Kier alpha value is -0.680. The third kappa shape index (κ3) is 2.66. The van der Waals surface area contributed by atoms with Crippen LogP contribution < -0.4 is 10.9 Å². The van der Waals surface area contributed by atoms with E-state index < -0.39 is 0 Å². The van der Waals surface area contributed by atoms with Crippen LogP contribution in [0.1, 0.15) is 12.8 Å². The van der Waals surface area contributed by atoms with Crippen LogP contribution in [-0.2, 0) is 0 Å². The lowest BCUT2D eigenvalue weighted by atomic mass is 10.2. The summed E-state index contributed by atoms with van der Waals surface area (Å²) < 4.78 is 0. The van der Waals surface area contributed by atoms with Crippen LogP contribution in [0.15, 0.2) is 11.1 Å². The second-order valence-electron chi connectivity index (χ2n) is 3.41. The van der Waals surface area contributed by atoms with Crippen molar-refractivity contribution in [2.24, 2.45) is 0 Å². The minimum absolute atomic E-state index is 0.139. The Kier molecular flexibility index (Phi) is 3.53. The third-order valence-electron chi connectivity index (χ3n) is 2.32. The quantitative estimate of drug-likeness (QED) is 0.852. The van der Waals surface area contributed by atoms with E-state index in [2.05, 4.69) is 15.3 Å². The molecule has 1 aliphatic rings. The number of thioether (sulfide) groups is 1. The summed E-state index contributed by atoms with van der Waals surface area (Å²) in [7, 11) is 0. The molecule has 1 aromatic rings.